The Labute approximate surface area is 239 Å². The van der Waals surface area contributed by atoms with E-state index < -0.39 is 39.7 Å². The van der Waals surface area contributed by atoms with Crippen LogP contribution in [-0.2, 0) is 34.0 Å². The van der Waals surface area contributed by atoms with Crippen molar-refractivity contribution in [2.24, 2.45) is 5.73 Å². The van der Waals surface area contributed by atoms with E-state index in [1.54, 1.807) is 0 Å². The molecule has 0 aromatic rings. The fourth-order valence-electron chi connectivity index (χ4n) is 2.87. The van der Waals surface area contributed by atoms with Crippen LogP contribution in [0, 0.1) is 0 Å². The summed E-state index contributed by atoms with van der Waals surface area (Å²) in [6.07, 6.45) is 11.3. The summed E-state index contributed by atoms with van der Waals surface area (Å²) in [6, 6.07) is 0. The van der Waals surface area contributed by atoms with Crippen LogP contribution in [0.3, 0.4) is 0 Å². The first kappa shape index (κ1) is 37.0. The van der Waals surface area contributed by atoms with E-state index in [4.69, 9.17) is 10.3 Å². The molecule has 0 aliphatic rings. The molecule has 0 aliphatic heterocycles. The van der Waals surface area contributed by atoms with Gasteiger partial charge >= 0.3 is 77.0 Å². The molecule has 0 fully saturated rings. The van der Waals surface area contributed by atoms with Gasteiger partial charge in [0.05, 0.1) is 6.42 Å². The Morgan fingerprint density at radius 2 is 1.34 bits per heavy atom. The standard InChI is InChI=1S/C20H37NO8S.2Na.2H/c1-2-3-4-5-6-7-8-9-10-11-12-13-18(22)29-19(23)16-17(30(25,26)27)20(24)28-15-14-21;;;;/h17H,2-16,21H2,1H3,(H,25,26,27);;;;/q;2*+1;2*-1. The SMILES string of the molecule is CCCCCCCCCCCCCC(=O)OC(=O)CC(C(=O)OCCN)S(=O)(=O)O.[H-].[H-].[Na+].[Na+]. The molecular weight excluding hydrogens is 460 g/mol. The molecule has 0 spiro atoms. The summed E-state index contributed by atoms with van der Waals surface area (Å²) in [5, 5.41) is -2.15. The van der Waals surface area contributed by atoms with Crippen molar-refractivity contribution in [1.82, 2.24) is 0 Å². The normalized spacial score (nSPS) is 11.6. The van der Waals surface area contributed by atoms with Crippen LogP contribution in [-0.4, -0.2) is 49.3 Å². The van der Waals surface area contributed by atoms with E-state index in [-0.39, 0.29) is 81.5 Å². The van der Waals surface area contributed by atoms with Crippen molar-refractivity contribution >= 4 is 28.0 Å². The Kier molecular flexibility index (Phi) is 26.9. The zero-order chi connectivity index (χ0) is 22.8. The first-order valence-corrected chi connectivity index (χ1v) is 12.3. The van der Waals surface area contributed by atoms with Crippen molar-refractivity contribution < 1.29 is 98.8 Å². The quantitative estimate of drug-likeness (QED) is 0.0667. The minimum absolute atomic E-state index is 0. The minimum Gasteiger partial charge on any atom is -1.00 e. The maximum atomic E-state index is 11.7. The molecule has 9 nitrogen and oxygen atoms in total. The van der Waals surface area contributed by atoms with E-state index in [9.17, 15) is 22.8 Å². The third-order valence-electron chi connectivity index (χ3n) is 4.55. The topological polar surface area (TPSA) is 150 Å². The molecule has 0 rings (SSSR count). The maximum absolute atomic E-state index is 11.7. The van der Waals surface area contributed by atoms with Crippen LogP contribution in [0.15, 0.2) is 0 Å². The van der Waals surface area contributed by atoms with Crippen LogP contribution in [0.4, 0.5) is 0 Å². The molecule has 0 saturated heterocycles. The van der Waals surface area contributed by atoms with E-state index >= 15 is 0 Å². The molecule has 0 aromatic carbocycles. The number of carbonyl (C=O) groups is 3. The number of esters is 3. The Bertz CT molecular complexity index is 628. The monoisotopic (exact) mass is 499 g/mol. The van der Waals surface area contributed by atoms with Crippen LogP contribution in [0.2, 0.25) is 0 Å². The number of rotatable bonds is 18. The molecular formula is C20H39NNa2O8S. The van der Waals surface area contributed by atoms with Gasteiger partial charge in [-0.15, -0.1) is 0 Å². The minimum atomic E-state index is -4.89. The summed E-state index contributed by atoms with van der Waals surface area (Å²) in [6.45, 7) is 1.88. The molecule has 12 heteroatoms. The molecule has 0 aromatic heterocycles. The zero-order valence-corrected chi connectivity index (χ0v) is 24.8. The third kappa shape index (κ3) is 21.0. The Morgan fingerprint density at radius 1 is 0.875 bits per heavy atom. The molecule has 0 amide bonds. The maximum Gasteiger partial charge on any atom is 1.00 e. The summed E-state index contributed by atoms with van der Waals surface area (Å²) >= 11 is 0. The van der Waals surface area contributed by atoms with Gasteiger partial charge in [0.25, 0.3) is 10.1 Å². The summed E-state index contributed by atoms with van der Waals surface area (Å²) in [5.74, 6) is -3.33. The van der Waals surface area contributed by atoms with Gasteiger partial charge in [-0.25, -0.2) is 0 Å². The van der Waals surface area contributed by atoms with E-state index in [1.807, 2.05) is 0 Å². The second-order valence-corrected chi connectivity index (χ2v) is 8.89. The molecule has 3 N–H and O–H groups in total. The van der Waals surface area contributed by atoms with Gasteiger partial charge < -0.3 is 18.1 Å². The Morgan fingerprint density at radius 3 is 1.78 bits per heavy atom. The molecule has 0 aliphatic carbocycles. The molecule has 0 saturated carbocycles. The molecule has 0 heterocycles. The van der Waals surface area contributed by atoms with Crippen molar-refractivity contribution in [3.8, 4) is 0 Å². The average molecular weight is 500 g/mol. The third-order valence-corrected chi connectivity index (χ3v) is 5.63. The summed E-state index contributed by atoms with van der Waals surface area (Å²) in [5.41, 5.74) is 5.14. The second-order valence-electron chi connectivity index (χ2n) is 7.30. The number of carbonyl (C=O) groups excluding carboxylic acids is 3. The number of hydrogen-bond donors (Lipinski definition) is 2. The zero-order valence-electron chi connectivity index (χ0n) is 22.0. The Balaban J connectivity index is -0.000000701. The fourth-order valence-corrected chi connectivity index (χ4v) is 3.53. The van der Waals surface area contributed by atoms with Crippen molar-refractivity contribution in [3.05, 3.63) is 0 Å². The first-order valence-electron chi connectivity index (χ1n) is 10.8. The number of nitrogens with two attached hydrogens (primary N) is 1. The van der Waals surface area contributed by atoms with Gasteiger partial charge in [0.1, 0.15) is 6.61 Å². The summed E-state index contributed by atoms with van der Waals surface area (Å²) in [7, 11) is -4.89. The van der Waals surface area contributed by atoms with E-state index in [2.05, 4.69) is 16.4 Å². The van der Waals surface area contributed by atoms with Crippen molar-refractivity contribution in [1.29, 1.82) is 0 Å². The molecule has 1 atom stereocenters. The van der Waals surface area contributed by atoms with Gasteiger partial charge in [0, 0.05) is 13.0 Å². The smallest absolute Gasteiger partial charge is 1.00 e. The number of hydrogen-bond acceptors (Lipinski definition) is 8. The van der Waals surface area contributed by atoms with Crippen molar-refractivity contribution in [2.45, 2.75) is 95.6 Å². The predicted octanol–water partition coefficient (Wildman–Crippen LogP) is -2.86. The van der Waals surface area contributed by atoms with E-state index in [1.165, 1.54) is 44.9 Å². The van der Waals surface area contributed by atoms with Crippen LogP contribution in [0.25, 0.3) is 0 Å². The number of unbranched alkanes of at least 4 members (excludes halogenated alkanes) is 10. The van der Waals surface area contributed by atoms with E-state index in [0.29, 0.717) is 6.42 Å². The molecule has 1 unspecified atom stereocenters. The van der Waals surface area contributed by atoms with Gasteiger partial charge in [-0.05, 0) is 6.42 Å². The van der Waals surface area contributed by atoms with Gasteiger partial charge in [-0.3, -0.25) is 18.9 Å². The summed E-state index contributed by atoms with van der Waals surface area (Å²) in [4.78, 5) is 35.1. The van der Waals surface area contributed by atoms with Crippen LogP contribution < -0.4 is 64.8 Å². The van der Waals surface area contributed by atoms with Crippen molar-refractivity contribution in [3.63, 3.8) is 0 Å². The summed E-state index contributed by atoms with van der Waals surface area (Å²) < 4.78 is 40.7. The molecule has 180 valence electrons. The Hall–Kier alpha value is 0.480. The number of ether oxygens (including phenoxy) is 2. The van der Waals surface area contributed by atoms with Crippen molar-refractivity contribution in [2.75, 3.05) is 13.2 Å². The van der Waals surface area contributed by atoms with Gasteiger partial charge in [-0.1, -0.05) is 71.1 Å². The molecule has 0 radical (unpaired) electrons. The second kappa shape index (κ2) is 23.2. The van der Waals surface area contributed by atoms with Gasteiger partial charge in [-0.2, -0.15) is 8.42 Å². The molecule has 32 heavy (non-hydrogen) atoms. The average Bonchev–Trinajstić information content (AvgIpc) is 2.67. The first-order chi connectivity index (χ1) is 14.2. The van der Waals surface area contributed by atoms with Crippen LogP contribution >= 0.6 is 0 Å². The predicted molar refractivity (Wildman–Crippen MR) is 114 cm³/mol. The van der Waals surface area contributed by atoms with E-state index in [0.717, 1.165) is 19.3 Å². The fraction of sp³-hybridized carbons (Fsp3) is 0.850. The van der Waals surface area contributed by atoms with Crippen LogP contribution in [0.5, 0.6) is 0 Å². The molecule has 0 bridgehead atoms. The van der Waals surface area contributed by atoms with Gasteiger partial charge in [0.15, 0.2) is 5.25 Å². The van der Waals surface area contributed by atoms with Gasteiger partial charge in [0.2, 0.25) is 0 Å². The largest absolute Gasteiger partial charge is 1.00 e. The van der Waals surface area contributed by atoms with Crippen LogP contribution in [0.1, 0.15) is 93.2 Å².